The summed E-state index contributed by atoms with van der Waals surface area (Å²) in [5.74, 6) is 0. The highest BCUT2D eigenvalue weighted by molar-refractivity contribution is 5.88. The van der Waals surface area contributed by atoms with Crippen molar-refractivity contribution in [3.63, 3.8) is 0 Å². The highest BCUT2D eigenvalue weighted by Gasteiger charge is 2.14. The van der Waals surface area contributed by atoms with Gasteiger partial charge in [-0.05, 0) is 115 Å². The number of hydrogen-bond donors (Lipinski definition) is 0. The first-order valence-electron chi connectivity index (χ1n) is 25.3. The third-order valence-corrected chi connectivity index (χ3v) is 8.76. The van der Waals surface area contributed by atoms with Crippen LogP contribution in [0.4, 0.5) is 17.1 Å². The maximum absolute atomic E-state index is 9.52. The SMILES string of the molecule is [2H]c1c([2H])c([2H])c(-c2c([2H])c([2H])c(-c3c([2H])c([2H])c(N(c4ccc(-c5ccccc5)cc4)c4c([2H])c([2H])c(-c5cccc(-c6ccc7ccccc7c6)c5)c([2H])c4[2H])c([2H])c3[2H])c([2H])c2[2H])c([2H])c1[2H]. The molecule has 0 radical (unpaired) electrons. The molecule has 0 fully saturated rings. The Kier molecular flexibility index (Phi) is 5.01. The van der Waals surface area contributed by atoms with E-state index in [0.717, 1.165) is 37.9 Å². The molecule has 0 heterocycles. The lowest BCUT2D eigenvalue weighted by Gasteiger charge is -2.26. The second-order valence-electron chi connectivity index (χ2n) is 12.1. The molecular formula is C52H37N. The van der Waals surface area contributed by atoms with Crippen molar-refractivity contribution in [2.24, 2.45) is 0 Å². The largest absolute Gasteiger partial charge is 0.311 e. The van der Waals surface area contributed by atoms with Gasteiger partial charge < -0.3 is 4.90 Å². The minimum Gasteiger partial charge on any atom is -0.311 e. The smallest absolute Gasteiger partial charge is 0.0645 e. The van der Waals surface area contributed by atoms with E-state index in [1.165, 1.54) is 0 Å². The van der Waals surface area contributed by atoms with E-state index in [2.05, 4.69) is 0 Å². The normalized spacial score (nSPS) is 15.5. The van der Waals surface area contributed by atoms with Gasteiger partial charge in [-0.15, -0.1) is 0 Å². The number of hydrogen-bond acceptors (Lipinski definition) is 1. The molecular weight excluding hydrogens is 639 g/mol. The first-order valence-corrected chi connectivity index (χ1v) is 16.8. The average Bonchev–Trinajstić information content (AvgIpc) is 3.37. The molecule has 0 unspecified atom stereocenters. The lowest BCUT2D eigenvalue weighted by atomic mass is 9.97. The molecule has 0 aliphatic heterocycles. The third-order valence-electron chi connectivity index (χ3n) is 8.76. The molecule has 0 saturated carbocycles. The van der Waals surface area contributed by atoms with Gasteiger partial charge in [0.1, 0.15) is 0 Å². The van der Waals surface area contributed by atoms with Crippen molar-refractivity contribution >= 4 is 27.8 Å². The molecule has 0 aliphatic rings. The summed E-state index contributed by atoms with van der Waals surface area (Å²) in [5, 5.41) is 2.05. The van der Waals surface area contributed by atoms with Crippen molar-refractivity contribution in [1.82, 2.24) is 0 Å². The Balaban J connectivity index is 1.25. The minimum atomic E-state index is -0.871. The Morgan fingerprint density at radius 3 is 1.32 bits per heavy atom. The lowest BCUT2D eigenvalue weighted by molar-refractivity contribution is 1.28. The number of anilines is 3. The van der Waals surface area contributed by atoms with Crippen LogP contribution < -0.4 is 4.90 Å². The van der Waals surface area contributed by atoms with E-state index in [4.69, 9.17) is 12.3 Å². The van der Waals surface area contributed by atoms with E-state index in [1.54, 1.807) is 42.5 Å². The monoisotopic (exact) mass is 692 g/mol. The van der Waals surface area contributed by atoms with Gasteiger partial charge in [0.2, 0.25) is 0 Å². The summed E-state index contributed by atoms with van der Waals surface area (Å²) in [6.07, 6.45) is 0. The van der Waals surface area contributed by atoms with Gasteiger partial charge in [-0.2, -0.15) is 0 Å². The van der Waals surface area contributed by atoms with Crippen LogP contribution in [0, 0.1) is 0 Å². The van der Waals surface area contributed by atoms with Crippen molar-refractivity contribution in [3.8, 4) is 55.6 Å². The van der Waals surface area contributed by atoms with Crippen LogP contribution in [-0.2, 0) is 0 Å². The molecule has 1 nitrogen and oxygen atoms in total. The van der Waals surface area contributed by atoms with Crippen molar-refractivity contribution in [2.75, 3.05) is 4.90 Å². The van der Waals surface area contributed by atoms with E-state index < -0.39 is 136 Å². The Morgan fingerprint density at radius 2 is 0.698 bits per heavy atom. The maximum atomic E-state index is 9.52. The topological polar surface area (TPSA) is 3.24 Å². The van der Waals surface area contributed by atoms with Gasteiger partial charge in [0.05, 0.1) is 23.3 Å². The van der Waals surface area contributed by atoms with Crippen molar-refractivity contribution in [2.45, 2.75) is 0 Å². The first-order chi connectivity index (χ1) is 33.3. The Bertz CT molecular complexity index is 3520. The fourth-order valence-electron chi connectivity index (χ4n) is 6.07. The molecule has 250 valence electrons. The molecule has 0 N–H and O–H groups in total. The van der Waals surface area contributed by atoms with Crippen LogP contribution in [0.2, 0.25) is 0 Å². The van der Waals surface area contributed by atoms with Crippen LogP contribution in [0.15, 0.2) is 224 Å². The maximum Gasteiger partial charge on any atom is 0.0645 e. The van der Waals surface area contributed by atoms with Crippen LogP contribution >= 0.6 is 0 Å². The molecule has 0 saturated heterocycles. The fourth-order valence-corrected chi connectivity index (χ4v) is 6.07. The molecule has 9 aromatic rings. The highest BCUT2D eigenvalue weighted by Crippen LogP contribution is 2.38. The number of nitrogens with zero attached hydrogens (tertiary/aromatic N) is 1. The van der Waals surface area contributed by atoms with Crippen molar-refractivity contribution in [3.05, 3.63) is 224 Å². The molecule has 9 aromatic carbocycles. The summed E-state index contributed by atoms with van der Waals surface area (Å²) in [6, 6.07) is 24.3. The van der Waals surface area contributed by atoms with Gasteiger partial charge in [-0.1, -0.05) is 176 Å². The molecule has 1 heteroatoms. The van der Waals surface area contributed by atoms with Crippen LogP contribution in [0.3, 0.4) is 0 Å². The second-order valence-corrected chi connectivity index (χ2v) is 12.1. The van der Waals surface area contributed by atoms with Gasteiger partial charge in [0, 0.05) is 17.1 Å². The zero-order chi connectivity index (χ0) is 50.2. The van der Waals surface area contributed by atoms with E-state index in [0.29, 0.717) is 5.56 Å². The lowest BCUT2D eigenvalue weighted by Crippen LogP contribution is -2.09. The summed E-state index contributed by atoms with van der Waals surface area (Å²) < 4.78 is 153. The van der Waals surface area contributed by atoms with E-state index in [1.807, 2.05) is 78.9 Å². The summed E-state index contributed by atoms with van der Waals surface area (Å²) in [5.41, 5.74) is 0.265. The number of rotatable bonds is 8. The fraction of sp³-hybridized carbons (Fsp3) is 0. The Labute approximate surface area is 335 Å². The predicted octanol–water partition coefficient (Wildman–Crippen LogP) is 14.6. The average molecular weight is 693 g/mol. The molecule has 0 atom stereocenters. The quantitative estimate of drug-likeness (QED) is 0.153. The summed E-state index contributed by atoms with van der Waals surface area (Å²) in [7, 11) is 0. The van der Waals surface area contributed by atoms with Gasteiger partial charge >= 0.3 is 0 Å². The van der Waals surface area contributed by atoms with Crippen LogP contribution in [0.25, 0.3) is 66.4 Å². The van der Waals surface area contributed by atoms with Crippen LogP contribution in [0.5, 0.6) is 0 Å². The van der Waals surface area contributed by atoms with E-state index in [-0.39, 0.29) is 11.3 Å². The third kappa shape index (κ3) is 6.77. The standard InChI is InChI=1S/C52H37N/c1-3-10-38(11-4-1)41-18-20-42(21-19-41)44-26-32-51(33-27-44)53(50-30-24-43(25-31-50)39-12-5-2-6-13-39)52-34-28-45(29-35-52)47-16-9-17-48(36-47)49-23-22-40-14-7-8-15-46(40)37-49/h1-37H/i1D,3D,4D,10D,11D,18D,19D,20D,21D,26D,27D,28D,29D,32D,33D,34D,35D. The molecule has 9 rings (SSSR count). The van der Waals surface area contributed by atoms with E-state index in [9.17, 15) is 11.0 Å². The summed E-state index contributed by atoms with van der Waals surface area (Å²) in [4.78, 5) is 1.12. The van der Waals surface area contributed by atoms with Gasteiger partial charge in [-0.25, -0.2) is 0 Å². The highest BCUT2D eigenvalue weighted by atomic mass is 15.1. The number of fused-ring (bicyclic) bond motifs is 1. The summed E-state index contributed by atoms with van der Waals surface area (Å²) in [6.45, 7) is 0. The zero-order valence-electron chi connectivity index (χ0n) is 45.0. The Hall–Kier alpha value is -6.96. The summed E-state index contributed by atoms with van der Waals surface area (Å²) >= 11 is 0. The van der Waals surface area contributed by atoms with Crippen molar-refractivity contribution < 1.29 is 23.3 Å². The van der Waals surface area contributed by atoms with Crippen LogP contribution in [-0.4, -0.2) is 0 Å². The molecule has 0 aromatic heterocycles. The van der Waals surface area contributed by atoms with E-state index >= 15 is 0 Å². The first kappa shape index (κ1) is 18.5. The molecule has 53 heavy (non-hydrogen) atoms. The minimum absolute atomic E-state index is 0.0222. The molecule has 0 bridgehead atoms. The van der Waals surface area contributed by atoms with Gasteiger partial charge in [-0.3, -0.25) is 0 Å². The van der Waals surface area contributed by atoms with Gasteiger partial charge in [0.25, 0.3) is 0 Å². The molecule has 0 aliphatic carbocycles. The zero-order valence-corrected chi connectivity index (χ0v) is 28.0. The second kappa shape index (κ2) is 14.3. The molecule has 0 amide bonds. The Morgan fingerprint density at radius 1 is 0.264 bits per heavy atom. The van der Waals surface area contributed by atoms with Gasteiger partial charge in [0.15, 0.2) is 0 Å². The van der Waals surface area contributed by atoms with Crippen LogP contribution in [0.1, 0.15) is 23.3 Å². The molecule has 0 spiro atoms. The van der Waals surface area contributed by atoms with Crippen molar-refractivity contribution in [1.29, 1.82) is 0 Å². The number of benzene rings is 9. The predicted molar refractivity (Wildman–Crippen MR) is 226 cm³/mol.